The van der Waals surface area contributed by atoms with Gasteiger partial charge in [-0.05, 0) is 83.6 Å². The van der Waals surface area contributed by atoms with E-state index in [1.54, 1.807) is 7.11 Å². The van der Waals surface area contributed by atoms with Gasteiger partial charge < -0.3 is 23.8 Å². The van der Waals surface area contributed by atoms with E-state index in [4.69, 9.17) is 23.9 Å². The molecule has 1 atom stereocenters. The molecule has 0 saturated carbocycles. The fraction of sp³-hybridized carbons (Fsp3) is 0.500. The summed E-state index contributed by atoms with van der Waals surface area (Å²) in [6.07, 6.45) is 1.19. The molecule has 1 aliphatic rings. The number of anilines is 1. The third kappa shape index (κ3) is 7.88. The van der Waals surface area contributed by atoms with E-state index >= 15 is 0 Å². The van der Waals surface area contributed by atoms with Crippen molar-refractivity contribution in [1.29, 1.82) is 0 Å². The van der Waals surface area contributed by atoms with Crippen LogP contribution >= 0.6 is 0 Å². The third-order valence-electron chi connectivity index (χ3n) is 7.98. The quantitative estimate of drug-likeness (QED) is 0.222. The van der Waals surface area contributed by atoms with Crippen LogP contribution in [0, 0.1) is 19.3 Å². The monoisotopic (exact) mass is 588 g/mol. The van der Waals surface area contributed by atoms with Gasteiger partial charge in [0.15, 0.2) is 6.10 Å². The Bertz CT molecular complexity index is 1400. The number of carbonyl (C=O) groups is 1. The Labute approximate surface area is 257 Å². The molecule has 0 aliphatic carbocycles. The van der Waals surface area contributed by atoms with Crippen LogP contribution in [0.4, 0.5) is 5.69 Å². The third-order valence-corrected chi connectivity index (χ3v) is 7.98. The molecule has 0 amide bonds. The van der Waals surface area contributed by atoms with E-state index in [1.165, 1.54) is 0 Å². The normalized spacial score (nSPS) is 15.6. The molecule has 1 aromatic heterocycles. The van der Waals surface area contributed by atoms with Gasteiger partial charge in [-0.25, -0.2) is 4.79 Å². The minimum atomic E-state index is -0.903. The molecule has 1 saturated heterocycles. The van der Waals surface area contributed by atoms with Crippen molar-refractivity contribution >= 4 is 11.7 Å². The lowest BCUT2D eigenvalue weighted by atomic mass is 9.82. The summed E-state index contributed by atoms with van der Waals surface area (Å²) in [6, 6.07) is 16.0. The molecule has 7 heteroatoms. The van der Waals surface area contributed by atoms with Gasteiger partial charge >= 0.3 is 5.97 Å². The van der Waals surface area contributed by atoms with Crippen LogP contribution < -0.4 is 14.4 Å². The molecule has 1 fully saturated rings. The van der Waals surface area contributed by atoms with Gasteiger partial charge in [0.1, 0.15) is 18.1 Å². The van der Waals surface area contributed by atoms with Crippen LogP contribution in [-0.4, -0.2) is 43.4 Å². The van der Waals surface area contributed by atoms with E-state index < -0.39 is 17.7 Å². The number of para-hydroxylation sites is 1. The number of hydrogen-bond acceptors (Lipinski definition) is 7. The first-order chi connectivity index (χ1) is 20.3. The van der Waals surface area contributed by atoms with Crippen molar-refractivity contribution in [3.63, 3.8) is 0 Å². The molecule has 2 heterocycles. The topological polar surface area (TPSA) is 70.1 Å². The predicted molar refractivity (Wildman–Crippen MR) is 172 cm³/mol. The summed E-state index contributed by atoms with van der Waals surface area (Å²) < 4.78 is 23.6. The van der Waals surface area contributed by atoms with E-state index in [-0.39, 0.29) is 12.0 Å². The lowest BCUT2D eigenvalue weighted by Gasteiger charge is -2.41. The highest BCUT2D eigenvalue weighted by Gasteiger charge is 2.37. The number of methoxy groups -OCH3 is 1. The van der Waals surface area contributed by atoms with Crippen molar-refractivity contribution in [3.05, 3.63) is 71.0 Å². The highest BCUT2D eigenvalue weighted by molar-refractivity contribution is 5.88. The minimum Gasteiger partial charge on any atom is -0.496 e. The van der Waals surface area contributed by atoms with Gasteiger partial charge in [-0.15, -0.1) is 0 Å². The number of rotatable bonds is 10. The van der Waals surface area contributed by atoms with Crippen molar-refractivity contribution < 1.29 is 23.7 Å². The number of piperidine rings is 1. The standard InChI is InChI=1S/C36H48N2O5/c1-10-41-34(39)33(43-35(4,5)6)31-25(3)37-24(2)30(32(31)38-21-19-36(7,8)20-22-38)26-15-17-28(18-16-26)42-23-27-13-11-12-14-29(27)40-9/h11-18,33H,10,19-23H2,1-9H3. The Morgan fingerprint density at radius 2 is 1.65 bits per heavy atom. The number of hydrogen-bond donors (Lipinski definition) is 0. The number of esters is 1. The maximum atomic E-state index is 13.5. The van der Waals surface area contributed by atoms with Gasteiger partial charge in [0.2, 0.25) is 0 Å². The average molecular weight is 589 g/mol. The second kappa shape index (κ2) is 13.4. The summed E-state index contributed by atoms with van der Waals surface area (Å²) in [5.41, 5.74) is 6.15. The van der Waals surface area contributed by atoms with Gasteiger partial charge in [-0.2, -0.15) is 0 Å². The van der Waals surface area contributed by atoms with Crippen LogP contribution in [0.5, 0.6) is 11.5 Å². The van der Waals surface area contributed by atoms with Crippen molar-refractivity contribution in [1.82, 2.24) is 4.98 Å². The van der Waals surface area contributed by atoms with E-state index in [2.05, 4.69) is 30.9 Å². The number of ether oxygens (including phenoxy) is 4. The fourth-order valence-corrected chi connectivity index (χ4v) is 5.67. The van der Waals surface area contributed by atoms with E-state index in [0.29, 0.717) is 6.61 Å². The highest BCUT2D eigenvalue weighted by Crippen LogP contribution is 2.45. The van der Waals surface area contributed by atoms with E-state index in [9.17, 15) is 4.79 Å². The zero-order chi connectivity index (χ0) is 31.4. The zero-order valence-corrected chi connectivity index (χ0v) is 27.4. The fourth-order valence-electron chi connectivity index (χ4n) is 5.67. The van der Waals surface area contributed by atoms with Crippen LogP contribution in [0.1, 0.15) is 83.0 Å². The molecule has 232 valence electrons. The predicted octanol–water partition coefficient (Wildman–Crippen LogP) is 8.00. The van der Waals surface area contributed by atoms with Gasteiger partial charge in [0.05, 0.1) is 25.0 Å². The lowest BCUT2D eigenvalue weighted by Crippen LogP contribution is -2.39. The van der Waals surface area contributed by atoms with Gasteiger partial charge in [-0.1, -0.05) is 44.2 Å². The zero-order valence-electron chi connectivity index (χ0n) is 27.4. The minimum absolute atomic E-state index is 0.261. The first-order valence-corrected chi connectivity index (χ1v) is 15.3. The molecule has 2 aromatic carbocycles. The number of pyridine rings is 1. The summed E-state index contributed by atoms with van der Waals surface area (Å²) >= 11 is 0. The number of aryl methyl sites for hydroxylation is 2. The second-order valence-corrected chi connectivity index (χ2v) is 13.1. The smallest absolute Gasteiger partial charge is 0.340 e. The maximum Gasteiger partial charge on any atom is 0.340 e. The van der Waals surface area contributed by atoms with Gasteiger partial charge in [0, 0.05) is 41.2 Å². The molecule has 3 aromatic rings. The molecule has 0 N–H and O–H groups in total. The van der Waals surface area contributed by atoms with Gasteiger partial charge in [0.25, 0.3) is 0 Å². The van der Waals surface area contributed by atoms with Crippen LogP contribution in [0.25, 0.3) is 11.1 Å². The highest BCUT2D eigenvalue weighted by atomic mass is 16.6. The van der Waals surface area contributed by atoms with E-state index in [1.807, 2.05) is 77.9 Å². The maximum absolute atomic E-state index is 13.5. The number of nitrogens with zero attached hydrogens (tertiary/aromatic N) is 2. The Morgan fingerprint density at radius 3 is 2.26 bits per heavy atom. The Hall–Kier alpha value is -3.58. The molecule has 0 bridgehead atoms. The Kier molecular flexibility index (Phi) is 10.1. The van der Waals surface area contributed by atoms with Crippen LogP contribution in [0.2, 0.25) is 0 Å². The Morgan fingerprint density at radius 1 is 1.00 bits per heavy atom. The SMILES string of the molecule is CCOC(=O)C(OC(C)(C)C)c1c(C)nc(C)c(-c2ccc(OCc3ccccc3OC)cc2)c1N1CCC(C)(C)CC1. The van der Waals surface area contributed by atoms with Crippen molar-refractivity contribution in [3.8, 4) is 22.6 Å². The second-order valence-electron chi connectivity index (χ2n) is 13.1. The summed E-state index contributed by atoms with van der Waals surface area (Å²) in [6.45, 7) is 18.8. The first-order valence-electron chi connectivity index (χ1n) is 15.3. The lowest BCUT2D eigenvalue weighted by molar-refractivity contribution is -0.166. The van der Waals surface area contributed by atoms with Gasteiger partial charge in [-0.3, -0.25) is 4.98 Å². The molecule has 1 unspecified atom stereocenters. The summed E-state index contributed by atoms with van der Waals surface area (Å²) in [5.74, 6) is 1.17. The largest absolute Gasteiger partial charge is 0.496 e. The Balaban J connectivity index is 1.80. The van der Waals surface area contributed by atoms with Crippen molar-refractivity contribution in [2.75, 3.05) is 31.7 Å². The summed E-state index contributed by atoms with van der Waals surface area (Å²) in [5, 5.41) is 0. The molecule has 43 heavy (non-hydrogen) atoms. The number of benzene rings is 2. The van der Waals surface area contributed by atoms with E-state index in [0.717, 1.165) is 76.8 Å². The molecular formula is C36H48N2O5. The summed E-state index contributed by atoms with van der Waals surface area (Å²) in [4.78, 5) is 20.9. The first kappa shape index (κ1) is 32.3. The van der Waals surface area contributed by atoms with Crippen LogP contribution in [-0.2, 0) is 20.9 Å². The van der Waals surface area contributed by atoms with Crippen LogP contribution in [0.15, 0.2) is 48.5 Å². The summed E-state index contributed by atoms with van der Waals surface area (Å²) in [7, 11) is 1.67. The molecule has 1 aliphatic heterocycles. The molecule has 0 radical (unpaired) electrons. The van der Waals surface area contributed by atoms with Crippen molar-refractivity contribution in [2.24, 2.45) is 5.41 Å². The molecule has 0 spiro atoms. The van der Waals surface area contributed by atoms with Crippen molar-refractivity contribution in [2.45, 2.75) is 86.5 Å². The number of carbonyl (C=O) groups excluding carboxylic acids is 1. The number of aromatic nitrogens is 1. The molecular weight excluding hydrogens is 540 g/mol. The molecule has 4 rings (SSSR count). The van der Waals surface area contributed by atoms with Crippen LogP contribution in [0.3, 0.4) is 0 Å². The molecule has 7 nitrogen and oxygen atoms in total. The average Bonchev–Trinajstić information content (AvgIpc) is 2.95.